The Bertz CT molecular complexity index is 323. The van der Waals surface area contributed by atoms with Gasteiger partial charge in [0.15, 0.2) is 0 Å². The molecule has 0 amide bonds. The molecule has 0 unspecified atom stereocenters. The van der Waals surface area contributed by atoms with Gasteiger partial charge in [-0.3, -0.25) is 0 Å². The zero-order valence-corrected chi connectivity index (χ0v) is 9.29. The molecule has 2 N–H and O–H groups in total. The van der Waals surface area contributed by atoms with Crippen molar-refractivity contribution >= 4 is 0 Å². The predicted octanol–water partition coefficient (Wildman–Crippen LogP) is 1.32. The Morgan fingerprint density at radius 1 is 1.40 bits per heavy atom. The van der Waals surface area contributed by atoms with Crippen molar-refractivity contribution in [3.05, 3.63) is 29.8 Å². The molecule has 1 atom stereocenters. The lowest BCUT2D eigenvalue weighted by molar-refractivity contribution is 0.331. The highest BCUT2D eigenvalue weighted by molar-refractivity contribution is 5.35. The van der Waals surface area contributed by atoms with Gasteiger partial charge in [0.1, 0.15) is 5.75 Å². The summed E-state index contributed by atoms with van der Waals surface area (Å²) >= 11 is 0. The summed E-state index contributed by atoms with van der Waals surface area (Å²) in [6, 6.07) is 9.11. The standard InChI is InChI=1S/C12H18N2O/c1-9(14-10-7-13-8-10)11-5-3-4-6-12(11)15-2/h3-6,9-10,13-14H,7-8H2,1-2H3/t9-/m1/s1. The van der Waals surface area contributed by atoms with E-state index in [1.54, 1.807) is 7.11 Å². The van der Waals surface area contributed by atoms with Gasteiger partial charge < -0.3 is 15.4 Å². The van der Waals surface area contributed by atoms with Crippen molar-refractivity contribution in [2.75, 3.05) is 20.2 Å². The second-order valence-electron chi connectivity index (χ2n) is 3.99. The third kappa shape index (κ3) is 2.30. The fourth-order valence-corrected chi connectivity index (χ4v) is 1.87. The lowest BCUT2D eigenvalue weighted by atomic mass is 10.0. The molecule has 1 fully saturated rings. The van der Waals surface area contributed by atoms with Gasteiger partial charge in [0, 0.05) is 30.7 Å². The highest BCUT2D eigenvalue weighted by atomic mass is 16.5. The first kappa shape index (κ1) is 10.5. The number of methoxy groups -OCH3 is 1. The van der Waals surface area contributed by atoms with Crippen LogP contribution in [0.2, 0.25) is 0 Å². The van der Waals surface area contributed by atoms with Crippen LogP contribution >= 0.6 is 0 Å². The molecule has 0 aliphatic carbocycles. The van der Waals surface area contributed by atoms with E-state index in [2.05, 4.69) is 29.7 Å². The van der Waals surface area contributed by atoms with Crippen molar-refractivity contribution in [3.8, 4) is 5.75 Å². The quantitative estimate of drug-likeness (QED) is 0.779. The molecule has 0 saturated carbocycles. The zero-order chi connectivity index (χ0) is 10.7. The summed E-state index contributed by atoms with van der Waals surface area (Å²) in [5.41, 5.74) is 1.23. The normalized spacial score (nSPS) is 18.3. The molecular weight excluding hydrogens is 188 g/mol. The first-order valence-corrected chi connectivity index (χ1v) is 5.41. The topological polar surface area (TPSA) is 33.3 Å². The minimum absolute atomic E-state index is 0.341. The molecule has 0 radical (unpaired) electrons. The van der Waals surface area contributed by atoms with Crippen LogP contribution in [0.5, 0.6) is 5.75 Å². The molecule has 3 nitrogen and oxygen atoms in total. The molecule has 1 saturated heterocycles. The molecule has 1 aliphatic heterocycles. The van der Waals surface area contributed by atoms with E-state index in [-0.39, 0.29) is 0 Å². The van der Waals surface area contributed by atoms with Gasteiger partial charge in [-0.2, -0.15) is 0 Å². The molecule has 0 aromatic heterocycles. The molecular formula is C12H18N2O. The minimum Gasteiger partial charge on any atom is -0.496 e. The van der Waals surface area contributed by atoms with Gasteiger partial charge in [0.2, 0.25) is 0 Å². The average molecular weight is 206 g/mol. The molecule has 1 aliphatic rings. The van der Waals surface area contributed by atoms with E-state index in [1.165, 1.54) is 5.56 Å². The first-order chi connectivity index (χ1) is 7.31. The van der Waals surface area contributed by atoms with E-state index in [0.717, 1.165) is 18.8 Å². The van der Waals surface area contributed by atoms with Crippen LogP contribution in [0.15, 0.2) is 24.3 Å². The second-order valence-corrected chi connectivity index (χ2v) is 3.99. The summed E-state index contributed by atoms with van der Waals surface area (Å²) in [5, 5.41) is 6.82. The Labute approximate surface area is 90.8 Å². The van der Waals surface area contributed by atoms with Crippen LogP contribution < -0.4 is 15.4 Å². The third-order valence-electron chi connectivity index (χ3n) is 2.87. The summed E-state index contributed by atoms with van der Waals surface area (Å²) in [6.07, 6.45) is 0. The van der Waals surface area contributed by atoms with Gasteiger partial charge in [-0.05, 0) is 13.0 Å². The molecule has 0 spiro atoms. The van der Waals surface area contributed by atoms with Gasteiger partial charge in [0.25, 0.3) is 0 Å². The SMILES string of the molecule is COc1ccccc1[C@@H](C)NC1CNC1. The van der Waals surface area contributed by atoms with E-state index in [1.807, 2.05) is 12.1 Å². The Kier molecular flexibility index (Phi) is 3.23. The number of nitrogens with one attached hydrogen (secondary N) is 2. The zero-order valence-electron chi connectivity index (χ0n) is 9.29. The third-order valence-corrected chi connectivity index (χ3v) is 2.87. The van der Waals surface area contributed by atoms with Crippen molar-refractivity contribution in [3.63, 3.8) is 0 Å². The van der Waals surface area contributed by atoms with E-state index < -0.39 is 0 Å². The predicted molar refractivity (Wildman–Crippen MR) is 61.2 cm³/mol. The Morgan fingerprint density at radius 3 is 2.73 bits per heavy atom. The molecule has 3 heteroatoms. The largest absolute Gasteiger partial charge is 0.496 e. The minimum atomic E-state index is 0.341. The molecule has 1 heterocycles. The fourth-order valence-electron chi connectivity index (χ4n) is 1.87. The van der Waals surface area contributed by atoms with E-state index in [4.69, 9.17) is 4.74 Å². The Balaban J connectivity index is 2.05. The average Bonchev–Trinajstić information content (AvgIpc) is 2.23. The monoisotopic (exact) mass is 206 g/mol. The summed E-state index contributed by atoms with van der Waals surface area (Å²) in [4.78, 5) is 0. The van der Waals surface area contributed by atoms with Crippen LogP contribution in [0.1, 0.15) is 18.5 Å². The highest BCUT2D eigenvalue weighted by Crippen LogP contribution is 2.24. The van der Waals surface area contributed by atoms with Crippen molar-refractivity contribution in [2.45, 2.75) is 19.0 Å². The van der Waals surface area contributed by atoms with Crippen LogP contribution in [0.4, 0.5) is 0 Å². The van der Waals surface area contributed by atoms with E-state index in [9.17, 15) is 0 Å². The maximum absolute atomic E-state index is 5.34. The number of hydrogen-bond acceptors (Lipinski definition) is 3. The van der Waals surface area contributed by atoms with Gasteiger partial charge in [-0.25, -0.2) is 0 Å². The van der Waals surface area contributed by atoms with Gasteiger partial charge in [0.05, 0.1) is 7.11 Å². The highest BCUT2D eigenvalue weighted by Gasteiger charge is 2.20. The second kappa shape index (κ2) is 4.64. The van der Waals surface area contributed by atoms with Crippen LogP contribution in [0, 0.1) is 0 Å². The molecule has 82 valence electrons. The molecule has 0 bridgehead atoms. The van der Waals surface area contributed by atoms with Crippen molar-refractivity contribution in [2.24, 2.45) is 0 Å². The molecule has 15 heavy (non-hydrogen) atoms. The number of rotatable bonds is 4. The molecule has 1 aromatic carbocycles. The van der Waals surface area contributed by atoms with Crippen LogP contribution in [0.3, 0.4) is 0 Å². The summed E-state index contributed by atoms with van der Waals surface area (Å²) < 4.78 is 5.34. The van der Waals surface area contributed by atoms with Gasteiger partial charge in [-0.1, -0.05) is 18.2 Å². The maximum Gasteiger partial charge on any atom is 0.123 e. The fraction of sp³-hybridized carbons (Fsp3) is 0.500. The lowest BCUT2D eigenvalue weighted by Gasteiger charge is -2.31. The van der Waals surface area contributed by atoms with Crippen LogP contribution in [-0.2, 0) is 0 Å². The van der Waals surface area contributed by atoms with Crippen molar-refractivity contribution < 1.29 is 4.74 Å². The summed E-state index contributed by atoms with van der Waals surface area (Å²) in [5.74, 6) is 0.963. The number of hydrogen-bond donors (Lipinski definition) is 2. The summed E-state index contributed by atoms with van der Waals surface area (Å²) in [6.45, 7) is 4.31. The van der Waals surface area contributed by atoms with Crippen molar-refractivity contribution in [1.82, 2.24) is 10.6 Å². The van der Waals surface area contributed by atoms with Crippen molar-refractivity contribution in [1.29, 1.82) is 0 Å². The van der Waals surface area contributed by atoms with Crippen LogP contribution in [-0.4, -0.2) is 26.2 Å². The Morgan fingerprint density at radius 2 is 2.13 bits per heavy atom. The van der Waals surface area contributed by atoms with E-state index >= 15 is 0 Å². The number of ether oxygens (including phenoxy) is 1. The van der Waals surface area contributed by atoms with E-state index in [0.29, 0.717) is 12.1 Å². The molecule has 2 rings (SSSR count). The summed E-state index contributed by atoms with van der Waals surface area (Å²) in [7, 11) is 1.72. The van der Waals surface area contributed by atoms with Gasteiger partial charge in [-0.15, -0.1) is 0 Å². The van der Waals surface area contributed by atoms with Crippen LogP contribution in [0.25, 0.3) is 0 Å². The van der Waals surface area contributed by atoms with Gasteiger partial charge >= 0.3 is 0 Å². The number of para-hydroxylation sites is 1. The molecule has 1 aromatic rings. The first-order valence-electron chi connectivity index (χ1n) is 5.41. The Hall–Kier alpha value is -1.06. The maximum atomic E-state index is 5.34. The lowest BCUT2D eigenvalue weighted by Crippen LogP contribution is -2.55. The number of benzene rings is 1. The smallest absolute Gasteiger partial charge is 0.123 e.